The van der Waals surface area contributed by atoms with Crippen LogP contribution >= 0.6 is 0 Å². The first-order valence-corrected chi connectivity index (χ1v) is 5.68. The van der Waals surface area contributed by atoms with Crippen molar-refractivity contribution in [2.24, 2.45) is 0 Å². The molecule has 0 spiro atoms. The SMILES string of the molecule is COc1cccc(-c2cc(C)ccc2O)c1OC. The molecule has 0 atom stereocenters. The van der Waals surface area contributed by atoms with Crippen LogP contribution in [0.3, 0.4) is 0 Å². The number of benzene rings is 2. The zero-order valence-electron chi connectivity index (χ0n) is 10.7. The van der Waals surface area contributed by atoms with Gasteiger partial charge in [0.2, 0.25) is 0 Å². The average Bonchev–Trinajstić information content (AvgIpc) is 2.40. The Morgan fingerprint density at radius 1 is 0.944 bits per heavy atom. The van der Waals surface area contributed by atoms with E-state index < -0.39 is 0 Å². The molecule has 1 N–H and O–H groups in total. The Balaban J connectivity index is 2.66. The first kappa shape index (κ1) is 12.3. The van der Waals surface area contributed by atoms with Crippen LogP contribution in [0, 0.1) is 6.92 Å². The molecule has 2 aromatic carbocycles. The van der Waals surface area contributed by atoms with Gasteiger partial charge in [-0.05, 0) is 25.1 Å². The van der Waals surface area contributed by atoms with Crippen molar-refractivity contribution < 1.29 is 14.6 Å². The van der Waals surface area contributed by atoms with E-state index in [0.717, 1.165) is 16.7 Å². The molecule has 0 saturated heterocycles. The normalized spacial score (nSPS) is 10.2. The number of ether oxygens (including phenoxy) is 2. The van der Waals surface area contributed by atoms with E-state index in [4.69, 9.17) is 9.47 Å². The van der Waals surface area contributed by atoms with Crippen molar-refractivity contribution >= 4 is 0 Å². The highest BCUT2D eigenvalue weighted by atomic mass is 16.5. The fourth-order valence-electron chi connectivity index (χ4n) is 1.96. The van der Waals surface area contributed by atoms with Crippen molar-refractivity contribution in [1.29, 1.82) is 0 Å². The van der Waals surface area contributed by atoms with Crippen LogP contribution in [-0.4, -0.2) is 19.3 Å². The second kappa shape index (κ2) is 5.00. The van der Waals surface area contributed by atoms with Crippen LogP contribution in [-0.2, 0) is 0 Å². The second-order valence-corrected chi connectivity index (χ2v) is 4.06. The minimum atomic E-state index is 0.229. The van der Waals surface area contributed by atoms with Crippen molar-refractivity contribution in [2.75, 3.05) is 14.2 Å². The lowest BCUT2D eigenvalue weighted by Gasteiger charge is -2.14. The zero-order chi connectivity index (χ0) is 13.1. The third-order valence-corrected chi connectivity index (χ3v) is 2.85. The molecule has 0 aromatic heterocycles. The molecule has 0 unspecified atom stereocenters. The maximum Gasteiger partial charge on any atom is 0.168 e. The predicted octanol–water partition coefficient (Wildman–Crippen LogP) is 3.38. The number of aromatic hydroxyl groups is 1. The number of aryl methyl sites for hydroxylation is 1. The summed E-state index contributed by atoms with van der Waals surface area (Å²) in [7, 11) is 3.19. The minimum absolute atomic E-state index is 0.229. The highest BCUT2D eigenvalue weighted by Crippen LogP contribution is 2.41. The first-order valence-electron chi connectivity index (χ1n) is 5.68. The van der Waals surface area contributed by atoms with Gasteiger partial charge in [-0.25, -0.2) is 0 Å². The maximum atomic E-state index is 9.98. The van der Waals surface area contributed by atoms with Crippen LogP contribution in [0.25, 0.3) is 11.1 Å². The van der Waals surface area contributed by atoms with Crippen LogP contribution in [0.2, 0.25) is 0 Å². The summed E-state index contributed by atoms with van der Waals surface area (Å²) in [6.45, 7) is 1.98. The summed E-state index contributed by atoms with van der Waals surface area (Å²) >= 11 is 0. The summed E-state index contributed by atoms with van der Waals surface area (Å²) in [5.41, 5.74) is 2.64. The van der Waals surface area contributed by atoms with E-state index in [1.165, 1.54) is 0 Å². The van der Waals surface area contributed by atoms with Gasteiger partial charge in [-0.1, -0.05) is 23.8 Å². The zero-order valence-corrected chi connectivity index (χ0v) is 10.7. The van der Waals surface area contributed by atoms with Gasteiger partial charge < -0.3 is 14.6 Å². The number of methoxy groups -OCH3 is 2. The van der Waals surface area contributed by atoms with Gasteiger partial charge in [-0.3, -0.25) is 0 Å². The van der Waals surface area contributed by atoms with Gasteiger partial charge in [0, 0.05) is 11.1 Å². The summed E-state index contributed by atoms with van der Waals surface area (Å²) in [6.07, 6.45) is 0. The molecule has 0 bridgehead atoms. The Kier molecular flexibility index (Phi) is 3.42. The van der Waals surface area contributed by atoms with Crippen molar-refractivity contribution in [3.8, 4) is 28.4 Å². The fraction of sp³-hybridized carbons (Fsp3) is 0.200. The van der Waals surface area contributed by atoms with Gasteiger partial charge in [0.05, 0.1) is 14.2 Å². The Bertz CT molecular complexity index is 562. The summed E-state index contributed by atoms with van der Waals surface area (Å²) in [5.74, 6) is 1.50. The smallest absolute Gasteiger partial charge is 0.168 e. The molecule has 0 radical (unpaired) electrons. The highest BCUT2D eigenvalue weighted by Gasteiger charge is 2.14. The number of phenols is 1. The molecule has 3 heteroatoms. The first-order chi connectivity index (χ1) is 8.67. The number of hydrogen-bond donors (Lipinski definition) is 1. The summed E-state index contributed by atoms with van der Waals surface area (Å²) in [6, 6.07) is 11.1. The standard InChI is InChI=1S/C15H16O3/c1-10-7-8-13(16)12(9-10)11-5-4-6-14(17-2)15(11)18-3/h4-9,16H,1-3H3. The Labute approximate surface area is 107 Å². The van der Waals surface area contributed by atoms with Crippen LogP contribution in [0.1, 0.15) is 5.56 Å². The van der Waals surface area contributed by atoms with Gasteiger partial charge in [-0.15, -0.1) is 0 Å². The number of para-hydroxylation sites is 1. The molecule has 0 aliphatic carbocycles. The van der Waals surface area contributed by atoms with Gasteiger partial charge >= 0.3 is 0 Å². The molecule has 2 aromatic rings. The maximum absolute atomic E-state index is 9.98. The lowest BCUT2D eigenvalue weighted by atomic mass is 10.0. The van der Waals surface area contributed by atoms with E-state index in [1.54, 1.807) is 20.3 Å². The van der Waals surface area contributed by atoms with Crippen LogP contribution in [0.15, 0.2) is 36.4 Å². The molecular formula is C15H16O3. The Morgan fingerprint density at radius 2 is 1.72 bits per heavy atom. The van der Waals surface area contributed by atoms with Crippen LogP contribution in [0.5, 0.6) is 17.2 Å². The number of hydrogen-bond acceptors (Lipinski definition) is 3. The lowest BCUT2D eigenvalue weighted by molar-refractivity contribution is 0.356. The minimum Gasteiger partial charge on any atom is -0.507 e. The molecule has 0 aliphatic rings. The fourth-order valence-corrected chi connectivity index (χ4v) is 1.96. The largest absolute Gasteiger partial charge is 0.507 e. The average molecular weight is 244 g/mol. The third-order valence-electron chi connectivity index (χ3n) is 2.85. The van der Waals surface area contributed by atoms with E-state index in [2.05, 4.69) is 0 Å². The van der Waals surface area contributed by atoms with E-state index in [0.29, 0.717) is 11.5 Å². The topological polar surface area (TPSA) is 38.7 Å². The summed E-state index contributed by atoms with van der Waals surface area (Å²) < 4.78 is 10.6. The number of rotatable bonds is 3. The van der Waals surface area contributed by atoms with Gasteiger partial charge in [0.1, 0.15) is 5.75 Å². The molecule has 94 valence electrons. The van der Waals surface area contributed by atoms with Gasteiger partial charge in [0.15, 0.2) is 11.5 Å². The molecule has 0 amide bonds. The van der Waals surface area contributed by atoms with Crippen molar-refractivity contribution in [3.63, 3.8) is 0 Å². The van der Waals surface area contributed by atoms with Crippen LogP contribution in [0.4, 0.5) is 0 Å². The van der Waals surface area contributed by atoms with E-state index in [-0.39, 0.29) is 5.75 Å². The molecule has 0 fully saturated rings. The lowest BCUT2D eigenvalue weighted by Crippen LogP contribution is -1.93. The van der Waals surface area contributed by atoms with Gasteiger partial charge in [0.25, 0.3) is 0 Å². The van der Waals surface area contributed by atoms with E-state index in [1.807, 2.05) is 37.3 Å². The molecular weight excluding hydrogens is 228 g/mol. The third kappa shape index (κ3) is 2.12. The Morgan fingerprint density at radius 3 is 2.39 bits per heavy atom. The molecule has 18 heavy (non-hydrogen) atoms. The van der Waals surface area contributed by atoms with Crippen molar-refractivity contribution in [3.05, 3.63) is 42.0 Å². The quantitative estimate of drug-likeness (QED) is 0.899. The second-order valence-electron chi connectivity index (χ2n) is 4.06. The molecule has 2 rings (SSSR count). The highest BCUT2D eigenvalue weighted by molar-refractivity contribution is 5.78. The molecule has 0 aliphatic heterocycles. The van der Waals surface area contributed by atoms with E-state index >= 15 is 0 Å². The van der Waals surface area contributed by atoms with E-state index in [9.17, 15) is 5.11 Å². The summed E-state index contributed by atoms with van der Waals surface area (Å²) in [4.78, 5) is 0. The van der Waals surface area contributed by atoms with Gasteiger partial charge in [-0.2, -0.15) is 0 Å². The monoisotopic (exact) mass is 244 g/mol. The van der Waals surface area contributed by atoms with Crippen molar-refractivity contribution in [2.45, 2.75) is 6.92 Å². The predicted molar refractivity (Wildman–Crippen MR) is 71.4 cm³/mol. The van der Waals surface area contributed by atoms with Crippen molar-refractivity contribution in [1.82, 2.24) is 0 Å². The Hall–Kier alpha value is -2.16. The van der Waals surface area contributed by atoms with Crippen LogP contribution < -0.4 is 9.47 Å². The molecule has 3 nitrogen and oxygen atoms in total. The number of phenolic OH excluding ortho intramolecular Hbond substituents is 1. The molecule has 0 heterocycles. The molecule has 0 saturated carbocycles. The summed E-state index contributed by atoms with van der Waals surface area (Å²) in [5, 5.41) is 9.98.